The van der Waals surface area contributed by atoms with E-state index < -0.39 is 0 Å². The minimum atomic E-state index is -0.287. The summed E-state index contributed by atoms with van der Waals surface area (Å²) in [5.41, 5.74) is 3.02. The lowest BCUT2D eigenvalue weighted by Gasteiger charge is -2.30. The lowest BCUT2D eigenvalue weighted by Crippen LogP contribution is -2.36. The number of fused-ring (bicyclic) bond motifs is 2. The van der Waals surface area contributed by atoms with Crippen molar-refractivity contribution in [2.24, 2.45) is 0 Å². The molecule has 5 rings (SSSR count). The second kappa shape index (κ2) is 6.28. The molecule has 0 unspecified atom stereocenters. The van der Waals surface area contributed by atoms with E-state index in [2.05, 4.69) is 19.9 Å². The van der Waals surface area contributed by atoms with Gasteiger partial charge in [0.15, 0.2) is 11.5 Å². The second-order valence-electron chi connectivity index (χ2n) is 6.80. The van der Waals surface area contributed by atoms with Crippen molar-refractivity contribution in [3.63, 3.8) is 0 Å². The topological polar surface area (TPSA) is 66.5 Å². The average molecular weight is 363 g/mol. The largest absolute Gasteiger partial charge is 0.393 e. The van der Waals surface area contributed by atoms with Gasteiger partial charge >= 0.3 is 0 Å². The van der Waals surface area contributed by atoms with Crippen LogP contribution in [0, 0.1) is 5.82 Å². The van der Waals surface area contributed by atoms with Gasteiger partial charge in [-0.25, -0.2) is 14.4 Å². The van der Waals surface area contributed by atoms with E-state index >= 15 is 0 Å². The van der Waals surface area contributed by atoms with Crippen molar-refractivity contribution >= 4 is 22.4 Å². The van der Waals surface area contributed by atoms with Crippen molar-refractivity contribution in [1.82, 2.24) is 19.4 Å². The molecule has 0 aliphatic carbocycles. The molecule has 0 amide bonds. The number of imidazole rings is 1. The van der Waals surface area contributed by atoms with Crippen LogP contribution in [0.3, 0.4) is 0 Å². The molecule has 1 fully saturated rings. The number of aliphatic hydroxyl groups is 1. The first-order chi connectivity index (χ1) is 13.2. The van der Waals surface area contributed by atoms with Gasteiger partial charge < -0.3 is 10.0 Å². The van der Waals surface area contributed by atoms with Crippen molar-refractivity contribution < 1.29 is 9.50 Å². The van der Waals surface area contributed by atoms with E-state index in [1.54, 1.807) is 36.8 Å². The maximum absolute atomic E-state index is 14.2. The number of halogens is 1. The number of nitrogens with zero attached hydrogens (tertiary/aromatic N) is 5. The molecule has 1 N–H and O–H groups in total. The molecule has 0 saturated carbocycles. The van der Waals surface area contributed by atoms with Crippen molar-refractivity contribution in [2.45, 2.75) is 18.9 Å². The molecule has 6 nitrogen and oxygen atoms in total. The van der Waals surface area contributed by atoms with Crippen molar-refractivity contribution in [3.8, 4) is 11.3 Å². The number of hydrogen-bond acceptors (Lipinski definition) is 5. The standard InChI is InChI=1S/C20H18FN5O/c21-16-4-3-15(18-14(16)2-1-7-22-18)17-12-24-20-19(23-8-11-26(17)20)25-9-5-13(27)6-10-25/h1-4,7-8,11-13,27H,5-6,9-10H2. The number of pyridine rings is 1. The van der Waals surface area contributed by atoms with E-state index in [1.807, 2.05) is 10.6 Å². The summed E-state index contributed by atoms with van der Waals surface area (Å²) in [4.78, 5) is 15.7. The van der Waals surface area contributed by atoms with Crippen LogP contribution < -0.4 is 4.90 Å². The smallest absolute Gasteiger partial charge is 0.180 e. The molecule has 1 aliphatic rings. The summed E-state index contributed by atoms with van der Waals surface area (Å²) in [6.45, 7) is 1.49. The third kappa shape index (κ3) is 2.62. The predicted octanol–water partition coefficient (Wildman–Crippen LogP) is 3.04. The Morgan fingerprint density at radius 1 is 1.04 bits per heavy atom. The molecule has 0 radical (unpaired) electrons. The fourth-order valence-electron chi connectivity index (χ4n) is 3.75. The van der Waals surface area contributed by atoms with Crippen molar-refractivity contribution in [1.29, 1.82) is 0 Å². The first kappa shape index (κ1) is 16.1. The molecule has 1 aromatic carbocycles. The quantitative estimate of drug-likeness (QED) is 0.593. The predicted molar refractivity (Wildman–Crippen MR) is 101 cm³/mol. The number of aromatic nitrogens is 4. The van der Waals surface area contributed by atoms with Gasteiger partial charge in [0.25, 0.3) is 0 Å². The Balaban J connectivity index is 1.66. The summed E-state index contributed by atoms with van der Waals surface area (Å²) in [5, 5.41) is 10.2. The van der Waals surface area contributed by atoms with E-state index in [0.29, 0.717) is 10.9 Å². The molecule has 7 heteroatoms. The van der Waals surface area contributed by atoms with Gasteiger partial charge in [-0.2, -0.15) is 0 Å². The normalized spacial score (nSPS) is 15.7. The molecule has 3 aromatic heterocycles. The third-order valence-corrected chi connectivity index (χ3v) is 5.17. The Labute approximate surface area is 154 Å². The lowest BCUT2D eigenvalue weighted by molar-refractivity contribution is 0.145. The van der Waals surface area contributed by atoms with Gasteiger partial charge in [0.2, 0.25) is 0 Å². The van der Waals surface area contributed by atoms with Crippen LogP contribution in [0.4, 0.5) is 10.2 Å². The van der Waals surface area contributed by atoms with Gasteiger partial charge in [0.05, 0.1) is 23.5 Å². The molecular weight excluding hydrogens is 345 g/mol. The SMILES string of the molecule is OC1CCN(c2nccn3c(-c4ccc(F)c5cccnc45)cnc23)CC1. The fraction of sp³-hybridized carbons (Fsp3) is 0.250. The number of rotatable bonds is 2. The summed E-state index contributed by atoms with van der Waals surface area (Å²) in [5.74, 6) is 0.514. The summed E-state index contributed by atoms with van der Waals surface area (Å²) in [6, 6.07) is 6.67. The van der Waals surface area contributed by atoms with Crippen molar-refractivity contribution in [3.05, 3.63) is 54.9 Å². The highest BCUT2D eigenvalue weighted by Gasteiger charge is 2.22. The molecule has 136 valence electrons. The molecule has 1 saturated heterocycles. The van der Waals surface area contributed by atoms with Crippen LogP contribution in [-0.2, 0) is 0 Å². The lowest BCUT2D eigenvalue weighted by atomic mass is 10.1. The summed E-state index contributed by atoms with van der Waals surface area (Å²) < 4.78 is 16.1. The molecule has 4 aromatic rings. The number of hydrogen-bond donors (Lipinski definition) is 1. The van der Waals surface area contributed by atoms with Crippen LogP contribution >= 0.6 is 0 Å². The Kier molecular flexibility index (Phi) is 3.75. The van der Waals surface area contributed by atoms with Crippen LogP contribution in [0.15, 0.2) is 49.1 Å². The fourth-order valence-corrected chi connectivity index (χ4v) is 3.75. The van der Waals surface area contributed by atoms with Crippen molar-refractivity contribution in [2.75, 3.05) is 18.0 Å². The number of piperidine rings is 1. The van der Waals surface area contributed by atoms with E-state index in [-0.39, 0.29) is 11.9 Å². The minimum absolute atomic E-state index is 0.243. The van der Waals surface area contributed by atoms with Gasteiger partial charge in [0, 0.05) is 42.6 Å². The Hall–Kier alpha value is -3.06. The molecule has 0 spiro atoms. The van der Waals surface area contributed by atoms with Gasteiger partial charge in [0.1, 0.15) is 5.82 Å². The summed E-state index contributed by atoms with van der Waals surface area (Å²) in [6.07, 6.45) is 8.26. The Bertz CT molecular complexity index is 1130. The zero-order valence-corrected chi connectivity index (χ0v) is 14.6. The minimum Gasteiger partial charge on any atom is -0.393 e. The number of benzene rings is 1. The molecule has 4 heterocycles. The maximum Gasteiger partial charge on any atom is 0.180 e. The summed E-state index contributed by atoms with van der Waals surface area (Å²) in [7, 11) is 0. The first-order valence-corrected chi connectivity index (χ1v) is 9.01. The highest BCUT2D eigenvalue weighted by Crippen LogP contribution is 2.31. The van der Waals surface area contributed by atoms with Crippen LogP contribution in [0.2, 0.25) is 0 Å². The van der Waals surface area contributed by atoms with E-state index in [1.165, 1.54) is 6.07 Å². The van der Waals surface area contributed by atoms with Crippen LogP contribution in [0.1, 0.15) is 12.8 Å². The summed E-state index contributed by atoms with van der Waals surface area (Å²) >= 11 is 0. The zero-order chi connectivity index (χ0) is 18.4. The van der Waals surface area contributed by atoms with Crippen LogP contribution in [-0.4, -0.2) is 43.7 Å². The Morgan fingerprint density at radius 2 is 1.89 bits per heavy atom. The van der Waals surface area contributed by atoms with E-state index in [4.69, 9.17) is 0 Å². The number of aliphatic hydroxyl groups excluding tert-OH is 1. The van der Waals surface area contributed by atoms with Gasteiger partial charge in [-0.15, -0.1) is 0 Å². The molecule has 0 bridgehead atoms. The Morgan fingerprint density at radius 3 is 2.74 bits per heavy atom. The van der Waals surface area contributed by atoms with Gasteiger partial charge in [-0.3, -0.25) is 9.38 Å². The number of anilines is 1. The second-order valence-corrected chi connectivity index (χ2v) is 6.80. The molecular formula is C20H18FN5O. The third-order valence-electron chi connectivity index (χ3n) is 5.17. The van der Waals surface area contributed by atoms with Gasteiger partial charge in [-0.05, 0) is 37.1 Å². The van der Waals surface area contributed by atoms with E-state index in [9.17, 15) is 9.50 Å². The highest BCUT2D eigenvalue weighted by atomic mass is 19.1. The first-order valence-electron chi connectivity index (χ1n) is 9.01. The zero-order valence-electron chi connectivity index (χ0n) is 14.6. The van der Waals surface area contributed by atoms with Gasteiger partial charge in [-0.1, -0.05) is 0 Å². The molecule has 1 aliphatic heterocycles. The highest BCUT2D eigenvalue weighted by molar-refractivity contribution is 5.93. The van der Waals surface area contributed by atoms with Crippen LogP contribution in [0.25, 0.3) is 27.8 Å². The van der Waals surface area contributed by atoms with Crippen LogP contribution in [0.5, 0.6) is 0 Å². The maximum atomic E-state index is 14.2. The monoisotopic (exact) mass is 363 g/mol. The average Bonchev–Trinajstić information content (AvgIpc) is 3.13. The molecule has 27 heavy (non-hydrogen) atoms. The van der Waals surface area contributed by atoms with E-state index in [0.717, 1.165) is 48.7 Å². The molecule has 0 atom stereocenters.